The quantitative estimate of drug-likeness (QED) is 0.814. The third-order valence-corrected chi connectivity index (χ3v) is 4.30. The third-order valence-electron chi connectivity index (χ3n) is 4.30. The maximum atomic E-state index is 6.01. The summed E-state index contributed by atoms with van der Waals surface area (Å²) < 4.78 is 17.3. The van der Waals surface area contributed by atoms with E-state index in [2.05, 4.69) is 19.2 Å². The Bertz CT molecular complexity index is 262. The van der Waals surface area contributed by atoms with Crippen LogP contribution in [-0.2, 0) is 14.2 Å². The van der Waals surface area contributed by atoms with Crippen LogP contribution < -0.4 is 5.32 Å². The van der Waals surface area contributed by atoms with E-state index in [-0.39, 0.29) is 17.3 Å². The van der Waals surface area contributed by atoms with Crippen molar-refractivity contribution in [3.05, 3.63) is 0 Å². The van der Waals surface area contributed by atoms with Crippen LogP contribution in [0.15, 0.2) is 0 Å². The largest absolute Gasteiger partial charge is 0.379 e. The minimum Gasteiger partial charge on any atom is -0.379 e. The first kappa shape index (κ1) is 14.3. The predicted octanol–water partition coefficient (Wildman–Crippen LogP) is 1.73. The second-order valence-corrected chi connectivity index (χ2v) is 6.15. The van der Waals surface area contributed by atoms with Crippen LogP contribution in [0.2, 0.25) is 0 Å². The minimum atomic E-state index is -0.0914. The summed E-state index contributed by atoms with van der Waals surface area (Å²) in [7, 11) is 1.75. The molecule has 18 heavy (non-hydrogen) atoms. The summed E-state index contributed by atoms with van der Waals surface area (Å²) >= 11 is 0. The molecule has 106 valence electrons. The summed E-state index contributed by atoms with van der Waals surface area (Å²) in [6.45, 7) is 7.84. The first-order valence-electron chi connectivity index (χ1n) is 7.07. The zero-order chi connectivity index (χ0) is 13.1. The van der Waals surface area contributed by atoms with Gasteiger partial charge in [-0.2, -0.15) is 0 Å². The van der Waals surface area contributed by atoms with Crippen LogP contribution in [0.3, 0.4) is 0 Å². The summed E-state index contributed by atoms with van der Waals surface area (Å²) in [5, 5.41) is 3.38. The van der Waals surface area contributed by atoms with E-state index in [1.54, 1.807) is 7.11 Å². The van der Waals surface area contributed by atoms with Gasteiger partial charge in [0.1, 0.15) is 0 Å². The average Bonchev–Trinajstić information content (AvgIpc) is 2.73. The van der Waals surface area contributed by atoms with Gasteiger partial charge in [-0.25, -0.2) is 0 Å². The fourth-order valence-electron chi connectivity index (χ4n) is 2.71. The number of piperidine rings is 1. The average molecular weight is 257 g/mol. The van der Waals surface area contributed by atoms with Crippen molar-refractivity contribution in [2.75, 3.05) is 33.4 Å². The van der Waals surface area contributed by atoms with Gasteiger partial charge in [-0.1, -0.05) is 0 Å². The lowest BCUT2D eigenvalue weighted by molar-refractivity contribution is -0.0343. The lowest BCUT2D eigenvalue weighted by Gasteiger charge is -2.32. The second-order valence-electron chi connectivity index (χ2n) is 6.15. The number of nitrogens with one attached hydrogen (secondary N) is 1. The van der Waals surface area contributed by atoms with Crippen molar-refractivity contribution in [2.24, 2.45) is 0 Å². The molecule has 1 spiro atoms. The molecule has 2 rings (SSSR count). The lowest BCUT2D eigenvalue weighted by atomic mass is 9.89. The molecule has 0 amide bonds. The molecular weight excluding hydrogens is 230 g/mol. The first-order valence-corrected chi connectivity index (χ1v) is 7.07. The van der Waals surface area contributed by atoms with E-state index in [0.717, 1.165) is 52.0 Å². The van der Waals surface area contributed by atoms with Gasteiger partial charge in [0.15, 0.2) is 0 Å². The fourth-order valence-corrected chi connectivity index (χ4v) is 2.71. The Balaban J connectivity index is 1.69. The molecule has 0 aromatic rings. The highest BCUT2D eigenvalue weighted by Crippen LogP contribution is 2.35. The number of hydrogen-bond acceptors (Lipinski definition) is 4. The number of ether oxygens (including phenoxy) is 3. The zero-order valence-electron chi connectivity index (χ0n) is 12.0. The summed E-state index contributed by atoms with van der Waals surface area (Å²) in [6.07, 6.45) is 4.50. The summed E-state index contributed by atoms with van der Waals surface area (Å²) in [5.74, 6) is 0. The molecule has 1 unspecified atom stereocenters. The van der Waals surface area contributed by atoms with Crippen molar-refractivity contribution < 1.29 is 14.2 Å². The molecule has 1 N–H and O–H groups in total. The van der Waals surface area contributed by atoms with Gasteiger partial charge in [0.2, 0.25) is 0 Å². The second kappa shape index (κ2) is 5.87. The third kappa shape index (κ3) is 3.67. The lowest BCUT2D eigenvalue weighted by Crippen LogP contribution is -2.41. The summed E-state index contributed by atoms with van der Waals surface area (Å²) in [5.41, 5.74) is 0.0125. The highest BCUT2D eigenvalue weighted by atomic mass is 16.6. The van der Waals surface area contributed by atoms with Gasteiger partial charge < -0.3 is 19.5 Å². The van der Waals surface area contributed by atoms with Gasteiger partial charge in [0.25, 0.3) is 0 Å². The molecule has 0 aromatic carbocycles. The van der Waals surface area contributed by atoms with Gasteiger partial charge in [-0.05, 0) is 46.2 Å². The summed E-state index contributed by atoms with van der Waals surface area (Å²) in [4.78, 5) is 0. The molecule has 0 saturated carbocycles. The Morgan fingerprint density at radius 1 is 1.33 bits per heavy atom. The molecule has 2 aliphatic heterocycles. The maximum absolute atomic E-state index is 6.01. The van der Waals surface area contributed by atoms with Crippen molar-refractivity contribution >= 4 is 0 Å². The molecular formula is C14H27NO3. The summed E-state index contributed by atoms with van der Waals surface area (Å²) in [6, 6.07) is 0. The van der Waals surface area contributed by atoms with E-state index in [1.807, 2.05) is 0 Å². The van der Waals surface area contributed by atoms with Crippen LogP contribution in [0.4, 0.5) is 0 Å². The van der Waals surface area contributed by atoms with Crippen molar-refractivity contribution in [1.29, 1.82) is 0 Å². The molecule has 0 radical (unpaired) electrons. The van der Waals surface area contributed by atoms with Gasteiger partial charge in [-0.3, -0.25) is 0 Å². The van der Waals surface area contributed by atoms with E-state index < -0.39 is 0 Å². The van der Waals surface area contributed by atoms with E-state index in [0.29, 0.717) is 0 Å². The van der Waals surface area contributed by atoms with E-state index in [9.17, 15) is 0 Å². The van der Waals surface area contributed by atoms with E-state index in [1.165, 1.54) is 0 Å². The molecule has 0 bridgehead atoms. The van der Waals surface area contributed by atoms with Crippen LogP contribution >= 0.6 is 0 Å². The van der Waals surface area contributed by atoms with Crippen molar-refractivity contribution in [3.8, 4) is 0 Å². The predicted molar refractivity (Wildman–Crippen MR) is 70.8 cm³/mol. The Morgan fingerprint density at radius 2 is 2.06 bits per heavy atom. The minimum absolute atomic E-state index is 0.0914. The van der Waals surface area contributed by atoms with Gasteiger partial charge in [0.05, 0.1) is 23.9 Å². The van der Waals surface area contributed by atoms with Crippen LogP contribution in [0.5, 0.6) is 0 Å². The fraction of sp³-hybridized carbons (Fsp3) is 1.00. The van der Waals surface area contributed by atoms with Crippen molar-refractivity contribution in [3.63, 3.8) is 0 Å². The zero-order valence-corrected chi connectivity index (χ0v) is 12.0. The molecule has 2 aliphatic rings. The Hall–Kier alpha value is -0.160. The standard InChI is InChI=1S/C14H27NO3/c1-13(2,16-3)6-9-17-12-10-14(18-11-12)4-7-15-8-5-14/h12,15H,4-11H2,1-3H3. The SMILES string of the molecule is COC(C)(C)CCOC1COC2(CCNCC2)C1. The molecule has 2 heterocycles. The van der Waals surface area contributed by atoms with Crippen molar-refractivity contribution in [2.45, 2.75) is 56.8 Å². The van der Waals surface area contributed by atoms with Crippen LogP contribution in [0.1, 0.15) is 39.5 Å². The van der Waals surface area contributed by atoms with Crippen LogP contribution in [0, 0.1) is 0 Å². The molecule has 0 aromatic heterocycles. The first-order chi connectivity index (χ1) is 8.55. The monoisotopic (exact) mass is 257 g/mol. The topological polar surface area (TPSA) is 39.7 Å². The highest BCUT2D eigenvalue weighted by molar-refractivity contribution is 4.93. The van der Waals surface area contributed by atoms with E-state index >= 15 is 0 Å². The number of methoxy groups -OCH3 is 1. The molecule has 4 heteroatoms. The number of hydrogen-bond donors (Lipinski definition) is 1. The molecule has 4 nitrogen and oxygen atoms in total. The molecule has 2 fully saturated rings. The van der Waals surface area contributed by atoms with Gasteiger partial charge in [-0.15, -0.1) is 0 Å². The van der Waals surface area contributed by atoms with Gasteiger partial charge >= 0.3 is 0 Å². The van der Waals surface area contributed by atoms with E-state index in [4.69, 9.17) is 14.2 Å². The Labute approximate surface area is 110 Å². The molecule has 1 atom stereocenters. The number of rotatable bonds is 5. The molecule has 0 aliphatic carbocycles. The van der Waals surface area contributed by atoms with Gasteiger partial charge in [0, 0.05) is 20.1 Å². The normalized spacial score (nSPS) is 27.8. The smallest absolute Gasteiger partial charge is 0.0836 e. The van der Waals surface area contributed by atoms with Crippen molar-refractivity contribution in [1.82, 2.24) is 5.32 Å². The Kier molecular flexibility index (Phi) is 4.64. The van der Waals surface area contributed by atoms with Crippen LogP contribution in [-0.4, -0.2) is 50.7 Å². The maximum Gasteiger partial charge on any atom is 0.0836 e. The Morgan fingerprint density at radius 3 is 2.72 bits per heavy atom. The molecule has 2 saturated heterocycles. The highest BCUT2D eigenvalue weighted by Gasteiger charge is 2.41. The van der Waals surface area contributed by atoms with Crippen LogP contribution in [0.25, 0.3) is 0 Å².